The van der Waals surface area contributed by atoms with E-state index >= 15 is 0 Å². The lowest BCUT2D eigenvalue weighted by Crippen LogP contribution is -2.42. The largest absolute Gasteiger partial charge is 0.340 e. The number of hydrogen-bond donors (Lipinski definition) is 2. The van der Waals surface area contributed by atoms with Crippen LogP contribution in [0.4, 0.5) is 5.69 Å². The quantitative estimate of drug-likeness (QED) is 0.906. The number of amides is 2. The number of rotatable bonds is 4. The molecular formula is C18H22N4O2. The van der Waals surface area contributed by atoms with E-state index in [4.69, 9.17) is 0 Å². The highest BCUT2D eigenvalue weighted by Crippen LogP contribution is 2.27. The van der Waals surface area contributed by atoms with Crippen LogP contribution in [0.3, 0.4) is 0 Å². The fourth-order valence-electron chi connectivity index (χ4n) is 3.18. The number of H-pyrrole nitrogens is 1. The van der Waals surface area contributed by atoms with E-state index in [1.165, 1.54) is 6.20 Å². The average Bonchev–Trinajstić information content (AvgIpc) is 3.14. The molecule has 1 saturated heterocycles. The highest BCUT2D eigenvalue weighted by atomic mass is 16.2. The van der Waals surface area contributed by atoms with Gasteiger partial charge in [0.2, 0.25) is 5.91 Å². The number of benzene rings is 1. The molecule has 1 aliphatic heterocycles. The van der Waals surface area contributed by atoms with Gasteiger partial charge in [-0.1, -0.05) is 32.0 Å². The molecule has 0 aliphatic carbocycles. The molecule has 0 saturated carbocycles. The minimum atomic E-state index is -0.511. The molecule has 2 heterocycles. The summed E-state index contributed by atoms with van der Waals surface area (Å²) in [7, 11) is 0. The Hall–Kier alpha value is -2.63. The molecule has 1 aromatic heterocycles. The molecule has 0 spiro atoms. The maximum absolute atomic E-state index is 12.7. The lowest BCUT2D eigenvalue weighted by atomic mass is 10.1. The normalized spacial score (nSPS) is 20.7. The standard InChI is InChI=1S/C18H22N4O2/c1-11(2)16-14(10-19-21-16)17(23)20-15-9-12(3)22(18(15)24)13-7-5-4-6-8-13/h4-8,10-12,15H,9H2,1-3H3,(H,19,21)(H,20,23). The maximum Gasteiger partial charge on any atom is 0.255 e. The van der Waals surface area contributed by atoms with Crippen LogP contribution in [0, 0.1) is 0 Å². The summed E-state index contributed by atoms with van der Waals surface area (Å²) in [4.78, 5) is 27.0. The van der Waals surface area contributed by atoms with Crippen LogP contribution >= 0.6 is 0 Å². The van der Waals surface area contributed by atoms with Gasteiger partial charge in [0.25, 0.3) is 5.91 Å². The van der Waals surface area contributed by atoms with Gasteiger partial charge in [0.1, 0.15) is 6.04 Å². The van der Waals surface area contributed by atoms with Gasteiger partial charge in [-0.15, -0.1) is 0 Å². The van der Waals surface area contributed by atoms with Gasteiger partial charge < -0.3 is 10.2 Å². The summed E-state index contributed by atoms with van der Waals surface area (Å²) in [5.41, 5.74) is 2.15. The highest BCUT2D eigenvalue weighted by Gasteiger charge is 2.39. The number of para-hydroxylation sites is 1. The number of carbonyl (C=O) groups excluding carboxylic acids is 2. The van der Waals surface area contributed by atoms with Gasteiger partial charge in [0.05, 0.1) is 17.5 Å². The summed E-state index contributed by atoms with van der Waals surface area (Å²) in [6.45, 7) is 5.98. The minimum absolute atomic E-state index is 0.0409. The monoisotopic (exact) mass is 326 g/mol. The number of aromatic amines is 1. The van der Waals surface area contributed by atoms with Crippen molar-refractivity contribution in [2.75, 3.05) is 4.90 Å². The number of nitrogens with zero attached hydrogens (tertiary/aromatic N) is 2. The van der Waals surface area contributed by atoms with Gasteiger partial charge in [-0.25, -0.2) is 0 Å². The van der Waals surface area contributed by atoms with Crippen molar-refractivity contribution in [1.29, 1.82) is 0 Å². The molecule has 2 atom stereocenters. The van der Waals surface area contributed by atoms with Crippen LogP contribution in [-0.4, -0.2) is 34.1 Å². The summed E-state index contributed by atoms with van der Waals surface area (Å²) in [6, 6.07) is 9.07. The fourth-order valence-corrected chi connectivity index (χ4v) is 3.18. The van der Waals surface area contributed by atoms with Crippen molar-refractivity contribution in [2.45, 2.75) is 45.2 Å². The first-order valence-corrected chi connectivity index (χ1v) is 8.21. The second-order valence-corrected chi connectivity index (χ2v) is 6.51. The predicted octanol–water partition coefficient (Wildman–Crippen LogP) is 2.46. The molecule has 2 aromatic rings. The van der Waals surface area contributed by atoms with Gasteiger partial charge in [-0.2, -0.15) is 5.10 Å². The van der Waals surface area contributed by atoms with Crippen molar-refractivity contribution in [3.8, 4) is 0 Å². The third kappa shape index (κ3) is 2.91. The number of aromatic nitrogens is 2. The second kappa shape index (κ2) is 6.47. The lowest BCUT2D eigenvalue weighted by Gasteiger charge is -2.21. The van der Waals surface area contributed by atoms with Crippen LogP contribution < -0.4 is 10.2 Å². The van der Waals surface area contributed by atoms with Crippen molar-refractivity contribution < 1.29 is 9.59 Å². The SMILES string of the molecule is CC(C)c1[nH]ncc1C(=O)NC1CC(C)N(c2ccccc2)C1=O. The first-order valence-electron chi connectivity index (χ1n) is 8.21. The summed E-state index contributed by atoms with van der Waals surface area (Å²) >= 11 is 0. The second-order valence-electron chi connectivity index (χ2n) is 6.51. The molecule has 0 bridgehead atoms. The number of nitrogens with one attached hydrogen (secondary N) is 2. The van der Waals surface area contributed by atoms with Gasteiger partial charge >= 0.3 is 0 Å². The summed E-state index contributed by atoms with van der Waals surface area (Å²) in [5, 5.41) is 9.68. The molecule has 2 unspecified atom stereocenters. The molecule has 1 aromatic carbocycles. The number of anilines is 1. The van der Waals surface area contributed by atoms with E-state index in [-0.39, 0.29) is 23.8 Å². The molecule has 126 valence electrons. The Balaban J connectivity index is 1.76. The molecule has 2 amide bonds. The van der Waals surface area contributed by atoms with Crippen LogP contribution in [0.1, 0.15) is 49.2 Å². The highest BCUT2D eigenvalue weighted by molar-refractivity contribution is 6.04. The molecule has 1 fully saturated rings. The minimum Gasteiger partial charge on any atom is -0.340 e. The molecular weight excluding hydrogens is 304 g/mol. The Morgan fingerprint density at radius 1 is 1.33 bits per heavy atom. The summed E-state index contributed by atoms with van der Waals surface area (Å²) in [5.74, 6) is -0.170. The molecule has 6 nitrogen and oxygen atoms in total. The zero-order valence-corrected chi connectivity index (χ0v) is 14.1. The molecule has 1 aliphatic rings. The first-order chi connectivity index (χ1) is 11.5. The Kier molecular flexibility index (Phi) is 4.38. The lowest BCUT2D eigenvalue weighted by molar-refractivity contribution is -0.118. The average molecular weight is 326 g/mol. The van der Waals surface area contributed by atoms with Crippen molar-refractivity contribution in [2.24, 2.45) is 0 Å². The van der Waals surface area contributed by atoms with E-state index in [0.717, 1.165) is 11.4 Å². The van der Waals surface area contributed by atoms with E-state index < -0.39 is 6.04 Å². The molecule has 3 rings (SSSR count). The number of hydrogen-bond acceptors (Lipinski definition) is 3. The topological polar surface area (TPSA) is 78.1 Å². The van der Waals surface area contributed by atoms with Gasteiger partial charge in [0, 0.05) is 11.7 Å². The summed E-state index contributed by atoms with van der Waals surface area (Å²) < 4.78 is 0. The van der Waals surface area contributed by atoms with Crippen molar-refractivity contribution in [3.05, 3.63) is 47.8 Å². The zero-order chi connectivity index (χ0) is 17.3. The predicted molar refractivity (Wildman–Crippen MR) is 91.9 cm³/mol. The Morgan fingerprint density at radius 3 is 2.71 bits per heavy atom. The van der Waals surface area contributed by atoms with Crippen molar-refractivity contribution >= 4 is 17.5 Å². The molecule has 6 heteroatoms. The molecule has 24 heavy (non-hydrogen) atoms. The van der Waals surface area contributed by atoms with Crippen LogP contribution in [-0.2, 0) is 4.79 Å². The van der Waals surface area contributed by atoms with Crippen molar-refractivity contribution in [3.63, 3.8) is 0 Å². The van der Waals surface area contributed by atoms with E-state index in [1.807, 2.05) is 51.1 Å². The zero-order valence-electron chi connectivity index (χ0n) is 14.1. The maximum atomic E-state index is 12.7. The summed E-state index contributed by atoms with van der Waals surface area (Å²) in [6.07, 6.45) is 2.11. The smallest absolute Gasteiger partial charge is 0.255 e. The van der Waals surface area contributed by atoms with E-state index in [0.29, 0.717) is 12.0 Å². The van der Waals surface area contributed by atoms with E-state index in [2.05, 4.69) is 15.5 Å². The van der Waals surface area contributed by atoms with Gasteiger partial charge in [-0.3, -0.25) is 14.7 Å². The van der Waals surface area contributed by atoms with Crippen molar-refractivity contribution in [1.82, 2.24) is 15.5 Å². The van der Waals surface area contributed by atoms with Gasteiger partial charge in [-0.05, 0) is 31.4 Å². The number of carbonyl (C=O) groups is 2. The first kappa shape index (κ1) is 16.2. The Bertz CT molecular complexity index is 738. The Labute approximate surface area is 141 Å². The molecule has 2 N–H and O–H groups in total. The Morgan fingerprint density at radius 2 is 2.04 bits per heavy atom. The van der Waals surface area contributed by atoms with Gasteiger partial charge in [0.15, 0.2) is 0 Å². The van der Waals surface area contributed by atoms with Crippen LogP contribution in [0.15, 0.2) is 36.5 Å². The third-order valence-corrected chi connectivity index (χ3v) is 4.38. The van der Waals surface area contributed by atoms with Crippen LogP contribution in [0.2, 0.25) is 0 Å². The van der Waals surface area contributed by atoms with E-state index in [9.17, 15) is 9.59 Å². The van der Waals surface area contributed by atoms with E-state index in [1.54, 1.807) is 4.90 Å². The fraction of sp³-hybridized carbons (Fsp3) is 0.389. The van der Waals surface area contributed by atoms with Crippen LogP contribution in [0.25, 0.3) is 0 Å². The third-order valence-electron chi connectivity index (χ3n) is 4.38. The van der Waals surface area contributed by atoms with Crippen LogP contribution in [0.5, 0.6) is 0 Å². The molecule has 0 radical (unpaired) electrons.